The summed E-state index contributed by atoms with van der Waals surface area (Å²) >= 11 is 0. The zero-order chi connectivity index (χ0) is 18.4. The first-order valence-electron chi connectivity index (χ1n) is 9.05. The van der Waals surface area contributed by atoms with Crippen molar-refractivity contribution in [1.82, 2.24) is 5.01 Å². The third-order valence-corrected chi connectivity index (χ3v) is 4.72. The lowest BCUT2D eigenvalue weighted by molar-refractivity contribution is -0.183. The van der Waals surface area contributed by atoms with Crippen LogP contribution in [0.15, 0.2) is 17.2 Å². The minimum atomic E-state index is -0.418. The van der Waals surface area contributed by atoms with Crippen LogP contribution < -0.4 is 9.47 Å². The molecule has 7 heteroatoms. The van der Waals surface area contributed by atoms with E-state index in [2.05, 4.69) is 5.01 Å². The smallest absolute Gasteiger partial charge is 0.184 e. The normalized spacial score (nSPS) is 21.5. The lowest BCUT2D eigenvalue weighted by Gasteiger charge is -2.26. The van der Waals surface area contributed by atoms with Crippen molar-refractivity contribution in [3.8, 4) is 11.5 Å². The minimum Gasteiger partial charge on any atom is -0.493 e. The molecule has 26 heavy (non-hydrogen) atoms. The van der Waals surface area contributed by atoms with Gasteiger partial charge in [0, 0.05) is 24.8 Å². The Balaban J connectivity index is 1.89. The highest BCUT2D eigenvalue weighted by Crippen LogP contribution is 2.35. The topological polar surface area (TPSA) is 61.8 Å². The summed E-state index contributed by atoms with van der Waals surface area (Å²) in [5.74, 6) is 1.30. The van der Waals surface area contributed by atoms with E-state index in [1.165, 1.54) is 0 Å². The number of nitrogens with zero attached hydrogens (tertiary/aromatic N) is 2. The van der Waals surface area contributed by atoms with E-state index in [9.17, 15) is 0 Å². The number of methoxy groups -OCH3 is 3. The van der Waals surface area contributed by atoms with Crippen LogP contribution in [0.4, 0.5) is 0 Å². The number of benzene rings is 1. The van der Waals surface area contributed by atoms with Gasteiger partial charge in [-0.15, -0.1) is 0 Å². The van der Waals surface area contributed by atoms with Gasteiger partial charge in [-0.05, 0) is 31.4 Å². The van der Waals surface area contributed by atoms with Crippen molar-refractivity contribution < 1.29 is 23.7 Å². The van der Waals surface area contributed by atoms with Gasteiger partial charge in [-0.3, -0.25) is 5.01 Å². The van der Waals surface area contributed by atoms with Gasteiger partial charge in [0.15, 0.2) is 17.8 Å². The number of rotatable bonds is 7. The molecule has 1 atom stereocenters. The molecule has 2 fully saturated rings. The molecule has 7 nitrogen and oxygen atoms in total. The SMILES string of the molecule is COC[C@@H]1CCCN1/N=C/c1cc(OC)c(OC)cc1C1OCCCO1. The molecule has 0 N–H and O–H groups in total. The minimum absolute atomic E-state index is 0.321. The molecule has 0 saturated carbocycles. The van der Waals surface area contributed by atoms with Crippen molar-refractivity contribution in [2.75, 3.05) is 47.7 Å². The van der Waals surface area contributed by atoms with E-state index in [-0.39, 0.29) is 0 Å². The number of hydrogen-bond donors (Lipinski definition) is 0. The molecular formula is C19H28N2O5. The fourth-order valence-electron chi connectivity index (χ4n) is 3.36. The second-order valence-corrected chi connectivity index (χ2v) is 6.42. The van der Waals surface area contributed by atoms with Gasteiger partial charge in [-0.2, -0.15) is 5.10 Å². The maximum absolute atomic E-state index is 5.80. The van der Waals surface area contributed by atoms with Gasteiger partial charge in [0.1, 0.15) is 0 Å². The lowest BCUT2D eigenvalue weighted by atomic mass is 10.1. The summed E-state index contributed by atoms with van der Waals surface area (Å²) in [6.07, 6.45) is 4.56. The van der Waals surface area contributed by atoms with Gasteiger partial charge in [-0.1, -0.05) is 0 Å². The lowest BCUT2D eigenvalue weighted by Crippen LogP contribution is -2.28. The van der Waals surface area contributed by atoms with Crippen molar-refractivity contribution in [3.63, 3.8) is 0 Å². The first-order valence-corrected chi connectivity index (χ1v) is 9.05. The van der Waals surface area contributed by atoms with Gasteiger partial charge in [0.2, 0.25) is 0 Å². The summed E-state index contributed by atoms with van der Waals surface area (Å²) in [5, 5.41) is 6.79. The summed E-state index contributed by atoms with van der Waals surface area (Å²) in [6, 6.07) is 4.15. The molecule has 0 unspecified atom stereocenters. The molecule has 3 rings (SSSR count). The molecular weight excluding hydrogens is 336 g/mol. The van der Waals surface area contributed by atoms with Crippen LogP contribution in [0.5, 0.6) is 11.5 Å². The third kappa shape index (κ3) is 4.28. The highest BCUT2D eigenvalue weighted by molar-refractivity contribution is 5.83. The molecule has 2 saturated heterocycles. The zero-order valence-corrected chi connectivity index (χ0v) is 15.8. The van der Waals surface area contributed by atoms with Crippen molar-refractivity contribution >= 4 is 6.21 Å². The predicted molar refractivity (Wildman–Crippen MR) is 98.0 cm³/mol. The van der Waals surface area contributed by atoms with Gasteiger partial charge in [0.05, 0.1) is 46.3 Å². The third-order valence-electron chi connectivity index (χ3n) is 4.72. The van der Waals surface area contributed by atoms with E-state index in [0.717, 1.165) is 36.9 Å². The summed E-state index contributed by atoms with van der Waals surface area (Å²) in [4.78, 5) is 0. The van der Waals surface area contributed by atoms with E-state index >= 15 is 0 Å². The molecule has 0 aliphatic carbocycles. The van der Waals surface area contributed by atoms with Gasteiger partial charge in [0.25, 0.3) is 0 Å². The molecule has 1 aromatic carbocycles. The van der Waals surface area contributed by atoms with E-state index < -0.39 is 6.29 Å². The first-order chi connectivity index (χ1) is 12.8. The summed E-state index contributed by atoms with van der Waals surface area (Å²) in [6.45, 7) is 2.98. The number of ether oxygens (including phenoxy) is 5. The molecule has 0 aromatic heterocycles. The Labute approximate surface area is 154 Å². The average Bonchev–Trinajstić information content (AvgIpc) is 3.13. The number of hydrazone groups is 1. The van der Waals surface area contributed by atoms with Crippen molar-refractivity contribution in [2.24, 2.45) is 5.10 Å². The average molecular weight is 364 g/mol. The van der Waals surface area contributed by atoms with E-state index in [1.807, 2.05) is 18.3 Å². The highest BCUT2D eigenvalue weighted by atomic mass is 16.7. The fraction of sp³-hybridized carbons (Fsp3) is 0.632. The Bertz CT molecular complexity index is 616. The maximum Gasteiger partial charge on any atom is 0.184 e. The van der Waals surface area contributed by atoms with Gasteiger partial charge in [-0.25, -0.2) is 0 Å². The Morgan fingerprint density at radius 1 is 1.12 bits per heavy atom. The van der Waals surface area contributed by atoms with Crippen molar-refractivity contribution in [1.29, 1.82) is 0 Å². The molecule has 144 valence electrons. The van der Waals surface area contributed by atoms with Crippen LogP contribution in [0.2, 0.25) is 0 Å². The molecule has 0 radical (unpaired) electrons. The summed E-state index contributed by atoms with van der Waals surface area (Å²) in [5.41, 5.74) is 1.80. The second kappa shape index (κ2) is 9.21. The van der Waals surface area contributed by atoms with Crippen LogP contribution in [-0.4, -0.2) is 65.0 Å². The van der Waals surface area contributed by atoms with E-state index in [4.69, 9.17) is 28.8 Å². The van der Waals surface area contributed by atoms with Gasteiger partial charge >= 0.3 is 0 Å². The molecule has 1 aromatic rings. The molecule has 0 amide bonds. The molecule has 2 aliphatic heterocycles. The largest absolute Gasteiger partial charge is 0.493 e. The van der Waals surface area contributed by atoms with Crippen LogP contribution in [0.25, 0.3) is 0 Å². The van der Waals surface area contributed by atoms with E-state index in [1.54, 1.807) is 21.3 Å². The molecule has 2 heterocycles. The standard InChI is InChI=1S/C19H28N2O5/c1-22-13-15-6-4-7-21(15)20-12-14-10-17(23-2)18(24-3)11-16(14)19-25-8-5-9-26-19/h10-12,15,19H,4-9,13H2,1-3H3/b20-12+/t15-/m0/s1. The fourth-order valence-corrected chi connectivity index (χ4v) is 3.36. The first kappa shape index (κ1) is 18.9. The van der Waals surface area contributed by atoms with E-state index in [0.29, 0.717) is 37.4 Å². The van der Waals surface area contributed by atoms with Crippen molar-refractivity contribution in [3.05, 3.63) is 23.3 Å². The second-order valence-electron chi connectivity index (χ2n) is 6.42. The Kier molecular flexibility index (Phi) is 6.71. The Hall–Kier alpha value is -1.83. The van der Waals surface area contributed by atoms with Gasteiger partial charge < -0.3 is 23.7 Å². The van der Waals surface area contributed by atoms with Crippen LogP contribution in [-0.2, 0) is 14.2 Å². The Morgan fingerprint density at radius 2 is 1.85 bits per heavy atom. The van der Waals surface area contributed by atoms with Crippen molar-refractivity contribution in [2.45, 2.75) is 31.6 Å². The summed E-state index contributed by atoms with van der Waals surface area (Å²) in [7, 11) is 4.98. The van der Waals surface area contributed by atoms with Crippen LogP contribution in [0, 0.1) is 0 Å². The van der Waals surface area contributed by atoms with Crippen LogP contribution >= 0.6 is 0 Å². The molecule has 0 bridgehead atoms. The molecule has 2 aliphatic rings. The zero-order valence-electron chi connectivity index (χ0n) is 15.8. The predicted octanol–water partition coefficient (Wildman–Crippen LogP) is 2.58. The molecule has 0 spiro atoms. The summed E-state index contributed by atoms with van der Waals surface area (Å²) < 4.78 is 27.8. The Morgan fingerprint density at radius 3 is 2.54 bits per heavy atom. The van der Waals surface area contributed by atoms with Crippen LogP contribution in [0.3, 0.4) is 0 Å². The number of hydrogen-bond acceptors (Lipinski definition) is 7. The van der Waals surface area contributed by atoms with Crippen LogP contribution in [0.1, 0.15) is 36.7 Å². The monoisotopic (exact) mass is 364 g/mol. The maximum atomic E-state index is 5.80. The highest BCUT2D eigenvalue weighted by Gasteiger charge is 2.24. The quantitative estimate of drug-likeness (QED) is 0.693.